The Morgan fingerprint density at radius 1 is 1.12 bits per heavy atom. The van der Waals surface area contributed by atoms with Crippen LogP contribution in [-0.2, 0) is 5.41 Å². The van der Waals surface area contributed by atoms with Crippen molar-refractivity contribution in [3.63, 3.8) is 0 Å². The highest BCUT2D eigenvalue weighted by Crippen LogP contribution is 2.36. The van der Waals surface area contributed by atoms with Crippen LogP contribution in [0, 0.1) is 0 Å². The van der Waals surface area contributed by atoms with Gasteiger partial charge < -0.3 is 34.9 Å². The summed E-state index contributed by atoms with van der Waals surface area (Å²) in [4.78, 5) is 38.6. The zero-order valence-corrected chi connectivity index (χ0v) is 25.8. The second-order valence-electron chi connectivity index (χ2n) is 9.89. The van der Waals surface area contributed by atoms with E-state index in [-0.39, 0.29) is 53.6 Å². The lowest BCUT2D eigenvalue weighted by Gasteiger charge is -2.23. The Balaban J connectivity index is 1.74. The molecule has 0 aliphatic rings. The number of benzene rings is 1. The van der Waals surface area contributed by atoms with Crippen LogP contribution in [0.25, 0.3) is 0 Å². The zero-order chi connectivity index (χ0) is 29.6. The van der Waals surface area contributed by atoms with Crippen molar-refractivity contribution in [1.82, 2.24) is 19.9 Å². The molecule has 216 valence electrons. The number of nitrogens with zero attached hydrogens (tertiary/aromatic N) is 4. The molecule has 40 heavy (non-hydrogen) atoms. The first-order valence-corrected chi connectivity index (χ1v) is 14.0. The standard InChI is InChI=1S/C26H33BrN6O6S/c1-14(2)33(25(35)36)11-10-28-23-31-21(37-6)19(22(32-23)38-7)30-20(34)17-13-40-24(29-17)39-18-12-15(26(3,4)5)8-9-16(18)27/h8-9,12-14H,10-11H2,1-7H3,(H,30,34)(H,35,36)(H,28,31,32). The fraction of sp³-hybridized carbons (Fsp3) is 0.423. The quantitative estimate of drug-likeness (QED) is 0.234. The fourth-order valence-corrected chi connectivity index (χ4v) is 4.48. The van der Waals surface area contributed by atoms with Crippen molar-refractivity contribution in [2.24, 2.45) is 0 Å². The molecule has 0 aliphatic carbocycles. The molecule has 0 atom stereocenters. The Morgan fingerprint density at radius 3 is 2.33 bits per heavy atom. The molecule has 1 aromatic carbocycles. The lowest BCUT2D eigenvalue weighted by molar-refractivity contribution is 0.102. The van der Waals surface area contributed by atoms with Crippen LogP contribution in [0.1, 0.15) is 50.7 Å². The van der Waals surface area contributed by atoms with Crippen molar-refractivity contribution in [1.29, 1.82) is 0 Å². The third-order valence-electron chi connectivity index (χ3n) is 5.68. The van der Waals surface area contributed by atoms with Crippen LogP contribution in [0.4, 0.5) is 16.4 Å². The molecule has 3 N–H and O–H groups in total. The first kappa shape index (κ1) is 30.9. The number of thiazole rings is 1. The van der Waals surface area contributed by atoms with Crippen molar-refractivity contribution in [3.8, 4) is 22.7 Å². The van der Waals surface area contributed by atoms with E-state index in [0.29, 0.717) is 10.9 Å². The predicted octanol–water partition coefficient (Wildman–Crippen LogP) is 5.86. The highest BCUT2D eigenvalue weighted by molar-refractivity contribution is 9.10. The summed E-state index contributed by atoms with van der Waals surface area (Å²) >= 11 is 4.68. The Hall–Kier alpha value is -3.65. The van der Waals surface area contributed by atoms with Gasteiger partial charge in [-0.25, -0.2) is 4.79 Å². The average molecular weight is 638 g/mol. The Kier molecular flexibility index (Phi) is 10.1. The van der Waals surface area contributed by atoms with Gasteiger partial charge in [-0.2, -0.15) is 15.0 Å². The molecule has 0 fully saturated rings. The summed E-state index contributed by atoms with van der Waals surface area (Å²) in [6, 6.07) is 5.70. The van der Waals surface area contributed by atoms with Gasteiger partial charge in [-0.3, -0.25) is 4.79 Å². The number of halogens is 1. The van der Waals surface area contributed by atoms with E-state index in [0.717, 1.165) is 10.0 Å². The van der Waals surface area contributed by atoms with Crippen LogP contribution in [0.15, 0.2) is 28.1 Å². The van der Waals surface area contributed by atoms with E-state index in [2.05, 4.69) is 62.3 Å². The molecule has 0 radical (unpaired) electrons. The van der Waals surface area contributed by atoms with Gasteiger partial charge in [0, 0.05) is 24.5 Å². The molecule has 3 aromatic rings. The second kappa shape index (κ2) is 13.1. The van der Waals surface area contributed by atoms with Gasteiger partial charge in [0.05, 0.1) is 18.7 Å². The molecule has 12 nitrogen and oxygen atoms in total. The molecule has 2 heterocycles. The first-order chi connectivity index (χ1) is 18.8. The third kappa shape index (κ3) is 7.72. The molecule has 0 bridgehead atoms. The van der Waals surface area contributed by atoms with Gasteiger partial charge in [0.2, 0.25) is 17.7 Å². The highest BCUT2D eigenvalue weighted by atomic mass is 79.9. The van der Waals surface area contributed by atoms with E-state index in [9.17, 15) is 14.7 Å². The molecular weight excluding hydrogens is 604 g/mol. The SMILES string of the molecule is COc1nc(NCCN(C(=O)O)C(C)C)nc(OC)c1NC(=O)c1csc(Oc2cc(C(C)(C)C)ccc2Br)n1. The Bertz CT molecular complexity index is 1330. The van der Waals surface area contributed by atoms with Crippen LogP contribution in [0.3, 0.4) is 0 Å². The summed E-state index contributed by atoms with van der Waals surface area (Å²) in [7, 11) is 2.79. The number of carbonyl (C=O) groups is 2. The minimum absolute atomic E-state index is 0.0521. The Morgan fingerprint density at radius 2 is 1.77 bits per heavy atom. The normalized spacial score (nSPS) is 11.2. The number of carbonyl (C=O) groups excluding carboxylic acids is 1. The molecule has 2 aromatic heterocycles. The van der Waals surface area contributed by atoms with Gasteiger partial charge in [-0.05, 0) is 52.9 Å². The van der Waals surface area contributed by atoms with E-state index in [1.165, 1.54) is 30.5 Å². The number of ether oxygens (including phenoxy) is 3. The minimum Gasteiger partial charge on any atom is -0.479 e. The van der Waals surface area contributed by atoms with Crippen molar-refractivity contribution in [3.05, 3.63) is 39.3 Å². The van der Waals surface area contributed by atoms with E-state index < -0.39 is 12.0 Å². The summed E-state index contributed by atoms with van der Waals surface area (Å²) in [5.74, 6) is 0.303. The van der Waals surface area contributed by atoms with Gasteiger partial charge in [-0.1, -0.05) is 38.2 Å². The number of anilines is 2. The molecule has 0 unspecified atom stereocenters. The molecule has 0 spiro atoms. The lowest BCUT2D eigenvalue weighted by atomic mass is 9.87. The number of amides is 2. The van der Waals surface area contributed by atoms with Gasteiger partial charge >= 0.3 is 6.09 Å². The van der Waals surface area contributed by atoms with Crippen LogP contribution in [0.5, 0.6) is 22.7 Å². The molecule has 3 rings (SSSR count). The van der Waals surface area contributed by atoms with Crippen LogP contribution in [0.2, 0.25) is 0 Å². The predicted molar refractivity (Wildman–Crippen MR) is 156 cm³/mol. The van der Waals surface area contributed by atoms with Crippen molar-refractivity contribution in [2.45, 2.75) is 46.1 Å². The van der Waals surface area contributed by atoms with E-state index in [1.54, 1.807) is 19.2 Å². The molecular formula is C26H33BrN6O6S. The van der Waals surface area contributed by atoms with Crippen LogP contribution in [-0.4, -0.2) is 70.3 Å². The molecule has 0 saturated heterocycles. The molecule has 2 amide bonds. The van der Waals surface area contributed by atoms with Crippen molar-refractivity contribution < 1.29 is 28.9 Å². The first-order valence-electron chi connectivity index (χ1n) is 12.3. The average Bonchev–Trinajstić information content (AvgIpc) is 3.35. The second-order valence-corrected chi connectivity index (χ2v) is 11.6. The van der Waals surface area contributed by atoms with Gasteiger partial charge in [0.1, 0.15) is 11.4 Å². The summed E-state index contributed by atoms with van der Waals surface area (Å²) in [6.07, 6.45) is -1.02. The maximum atomic E-state index is 13.1. The number of rotatable bonds is 11. The van der Waals surface area contributed by atoms with Crippen molar-refractivity contribution in [2.75, 3.05) is 37.9 Å². The third-order valence-corrected chi connectivity index (χ3v) is 7.06. The largest absolute Gasteiger partial charge is 0.479 e. The van der Waals surface area contributed by atoms with Crippen molar-refractivity contribution >= 4 is 50.9 Å². The maximum absolute atomic E-state index is 13.1. The lowest BCUT2D eigenvalue weighted by Crippen LogP contribution is -2.39. The minimum atomic E-state index is -1.02. The van der Waals surface area contributed by atoms with E-state index in [1.807, 2.05) is 18.2 Å². The topological polar surface area (TPSA) is 148 Å². The summed E-state index contributed by atoms with van der Waals surface area (Å²) in [5, 5.41) is 16.8. The summed E-state index contributed by atoms with van der Waals surface area (Å²) in [5.41, 5.74) is 1.27. The van der Waals surface area contributed by atoms with Crippen LogP contribution < -0.4 is 24.8 Å². The van der Waals surface area contributed by atoms with Gasteiger partial charge in [0.15, 0.2) is 5.69 Å². The van der Waals surface area contributed by atoms with E-state index >= 15 is 0 Å². The van der Waals surface area contributed by atoms with E-state index in [4.69, 9.17) is 14.2 Å². The Labute approximate surface area is 245 Å². The number of nitrogens with one attached hydrogen (secondary N) is 2. The molecule has 0 aliphatic heterocycles. The smallest absolute Gasteiger partial charge is 0.407 e. The number of methoxy groups -OCH3 is 2. The maximum Gasteiger partial charge on any atom is 0.407 e. The number of hydrogen-bond acceptors (Lipinski definition) is 10. The number of aromatic nitrogens is 3. The van der Waals surface area contributed by atoms with Crippen LogP contribution >= 0.6 is 27.3 Å². The fourth-order valence-electron chi connectivity index (χ4n) is 3.49. The monoisotopic (exact) mass is 636 g/mol. The summed E-state index contributed by atoms with van der Waals surface area (Å²) < 4.78 is 17.5. The number of hydrogen-bond donors (Lipinski definition) is 3. The zero-order valence-electron chi connectivity index (χ0n) is 23.4. The molecule has 0 saturated carbocycles. The van der Waals surface area contributed by atoms with Gasteiger partial charge in [-0.15, -0.1) is 0 Å². The highest BCUT2D eigenvalue weighted by Gasteiger charge is 2.22. The number of carboxylic acid groups (broad SMARTS) is 1. The molecule has 14 heteroatoms. The van der Waals surface area contributed by atoms with Gasteiger partial charge in [0.25, 0.3) is 11.1 Å². The summed E-state index contributed by atoms with van der Waals surface area (Å²) in [6.45, 7) is 10.4.